The average Bonchev–Trinajstić information content (AvgIpc) is 2.05. The Morgan fingerprint density at radius 3 is 2.36 bits per heavy atom. The summed E-state index contributed by atoms with van der Waals surface area (Å²) in [7, 11) is 0. The Balaban J connectivity index is 0.00000169. The maximum absolute atomic E-state index is 10.7. The average molecular weight is 215 g/mol. The summed E-state index contributed by atoms with van der Waals surface area (Å²) in [6.45, 7) is 1.46. The van der Waals surface area contributed by atoms with Crippen LogP contribution >= 0.6 is 12.4 Å². The first kappa shape index (κ1) is 12.9. The number of hydrogen-bond donors (Lipinski definition) is 2. The molecule has 0 aliphatic rings. The normalized spacial score (nSPS) is 13.9. The molecular weight excluding hydrogens is 202 g/mol. The number of aliphatic carboxylic acids is 1. The molecule has 0 aliphatic carbocycles. The predicted octanol–water partition coefficient (Wildman–Crippen LogP) is 1.46. The number of halogens is 1. The summed E-state index contributed by atoms with van der Waals surface area (Å²) in [5.74, 6) is -1.03. The molecule has 0 bridgehead atoms. The SMILES string of the molecule is C[C@@](N)([CH]c1ccccc1)C(=O)O.Cl. The van der Waals surface area contributed by atoms with Crippen molar-refractivity contribution < 1.29 is 9.90 Å². The van der Waals surface area contributed by atoms with E-state index in [1.54, 1.807) is 0 Å². The molecule has 0 amide bonds. The van der Waals surface area contributed by atoms with Crippen LogP contribution in [0.5, 0.6) is 0 Å². The first-order valence-electron chi connectivity index (χ1n) is 3.95. The van der Waals surface area contributed by atoms with Gasteiger partial charge in [0.15, 0.2) is 0 Å². The predicted molar refractivity (Wildman–Crippen MR) is 57.3 cm³/mol. The van der Waals surface area contributed by atoms with Crippen LogP contribution in [0.2, 0.25) is 0 Å². The van der Waals surface area contributed by atoms with Gasteiger partial charge in [0.2, 0.25) is 0 Å². The van der Waals surface area contributed by atoms with Crippen LogP contribution < -0.4 is 5.73 Å². The summed E-state index contributed by atoms with van der Waals surface area (Å²) in [6, 6.07) is 9.17. The lowest BCUT2D eigenvalue weighted by Gasteiger charge is -2.18. The van der Waals surface area contributed by atoms with E-state index < -0.39 is 11.5 Å². The minimum atomic E-state index is -1.30. The zero-order valence-corrected chi connectivity index (χ0v) is 8.62. The van der Waals surface area contributed by atoms with Crippen molar-refractivity contribution in [3.63, 3.8) is 0 Å². The highest BCUT2D eigenvalue weighted by molar-refractivity contribution is 5.85. The van der Waals surface area contributed by atoms with E-state index in [1.165, 1.54) is 13.3 Å². The summed E-state index contributed by atoms with van der Waals surface area (Å²) >= 11 is 0. The molecule has 0 heterocycles. The van der Waals surface area contributed by atoms with E-state index in [-0.39, 0.29) is 12.4 Å². The molecule has 1 radical (unpaired) electrons. The first-order chi connectivity index (χ1) is 6.02. The number of rotatable bonds is 3. The maximum atomic E-state index is 10.7. The van der Waals surface area contributed by atoms with E-state index in [2.05, 4.69) is 0 Å². The van der Waals surface area contributed by atoms with Gasteiger partial charge in [-0.1, -0.05) is 30.3 Å². The molecule has 1 atom stereocenters. The number of nitrogens with two attached hydrogens (primary N) is 1. The van der Waals surface area contributed by atoms with Crippen molar-refractivity contribution in [3.8, 4) is 0 Å². The molecule has 4 heteroatoms. The van der Waals surface area contributed by atoms with Crippen LogP contribution in [0, 0.1) is 6.42 Å². The van der Waals surface area contributed by atoms with Crippen molar-refractivity contribution in [1.29, 1.82) is 0 Å². The molecule has 0 unspecified atom stereocenters. The van der Waals surface area contributed by atoms with Crippen molar-refractivity contribution in [2.75, 3.05) is 0 Å². The fourth-order valence-electron chi connectivity index (χ4n) is 0.957. The van der Waals surface area contributed by atoms with Crippen molar-refractivity contribution >= 4 is 18.4 Å². The molecule has 1 rings (SSSR count). The second-order valence-electron chi connectivity index (χ2n) is 3.14. The summed E-state index contributed by atoms with van der Waals surface area (Å²) in [5.41, 5.74) is 5.05. The smallest absolute Gasteiger partial charge is 0.324 e. The van der Waals surface area contributed by atoms with Gasteiger partial charge < -0.3 is 10.8 Å². The van der Waals surface area contributed by atoms with Gasteiger partial charge in [0.25, 0.3) is 0 Å². The van der Waals surface area contributed by atoms with Crippen LogP contribution in [0.1, 0.15) is 12.5 Å². The second-order valence-corrected chi connectivity index (χ2v) is 3.14. The number of carbonyl (C=O) groups is 1. The molecule has 0 fully saturated rings. The quantitative estimate of drug-likeness (QED) is 0.801. The lowest BCUT2D eigenvalue weighted by Crippen LogP contribution is -2.45. The molecule has 14 heavy (non-hydrogen) atoms. The zero-order valence-electron chi connectivity index (χ0n) is 7.81. The number of benzene rings is 1. The monoisotopic (exact) mass is 214 g/mol. The highest BCUT2D eigenvalue weighted by atomic mass is 35.5. The highest BCUT2D eigenvalue weighted by Gasteiger charge is 2.28. The number of carboxylic acid groups (broad SMARTS) is 1. The molecule has 0 saturated heterocycles. The Labute approximate surface area is 89.3 Å². The van der Waals surface area contributed by atoms with E-state index in [1.807, 2.05) is 30.3 Å². The molecule has 1 aromatic carbocycles. The standard InChI is InChI=1S/C10H12NO2.ClH/c1-10(11,9(12)13)7-8-5-3-2-4-6-8;/h2-7H,11H2,1H3,(H,12,13);1H/t10-;/m1./s1. The molecule has 3 N–H and O–H groups in total. The molecule has 0 aliphatic heterocycles. The Hall–Kier alpha value is -1.06. The minimum absolute atomic E-state index is 0. The van der Waals surface area contributed by atoms with Gasteiger partial charge >= 0.3 is 5.97 Å². The van der Waals surface area contributed by atoms with Crippen LogP contribution in [0.3, 0.4) is 0 Å². The van der Waals surface area contributed by atoms with Crippen LogP contribution in [0.15, 0.2) is 30.3 Å². The fraction of sp³-hybridized carbons (Fsp3) is 0.200. The largest absolute Gasteiger partial charge is 0.480 e. The first-order valence-corrected chi connectivity index (χ1v) is 3.95. The zero-order chi connectivity index (χ0) is 9.90. The lowest BCUT2D eigenvalue weighted by atomic mass is 9.94. The summed E-state index contributed by atoms with van der Waals surface area (Å²) in [4.78, 5) is 10.7. The molecule has 1 aromatic rings. The third-order valence-corrected chi connectivity index (χ3v) is 1.73. The van der Waals surface area contributed by atoms with E-state index >= 15 is 0 Å². The van der Waals surface area contributed by atoms with Gasteiger partial charge in [-0.2, -0.15) is 0 Å². The molecule has 0 saturated carbocycles. The third kappa shape index (κ3) is 3.36. The second kappa shape index (κ2) is 4.98. The van der Waals surface area contributed by atoms with Crippen LogP contribution in [-0.2, 0) is 4.79 Å². The van der Waals surface area contributed by atoms with Gasteiger partial charge in [0.1, 0.15) is 5.54 Å². The van der Waals surface area contributed by atoms with Gasteiger partial charge in [0, 0.05) is 6.42 Å². The maximum Gasteiger partial charge on any atom is 0.324 e. The molecule has 77 valence electrons. The summed E-state index contributed by atoms with van der Waals surface area (Å²) in [6.07, 6.45) is 1.52. The van der Waals surface area contributed by atoms with E-state index in [4.69, 9.17) is 10.8 Å². The molecular formula is C10H13ClNO2. The third-order valence-electron chi connectivity index (χ3n) is 1.73. The van der Waals surface area contributed by atoms with Crippen molar-refractivity contribution in [3.05, 3.63) is 42.3 Å². The van der Waals surface area contributed by atoms with Crippen molar-refractivity contribution in [1.82, 2.24) is 0 Å². The van der Waals surface area contributed by atoms with Gasteiger partial charge in [-0.15, -0.1) is 12.4 Å². The molecule has 0 aromatic heterocycles. The molecule has 3 nitrogen and oxygen atoms in total. The Kier molecular flexibility index (Phi) is 4.60. The topological polar surface area (TPSA) is 63.3 Å². The minimum Gasteiger partial charge on any atom is -0.480 e. The molecule has 0 spiro atoms. The van der Waals surface area contributed by atoms with Crippen molar-refractivity contribution in [2.24, 2.45) is 5.73 Å². The summed E-state index contributed by atoms with van der Waals surface area (Å²) in [5, 5.41) is 8.75. The van der Waals surface area contributed by atoms with E-state index in [0.29, 0.717) is 0 Å². The Morgan fingerprint density at radius 2 is 1.93 bits per heavy atom. The Bertz CT molecular complexity index is 298. The highest BCUT2D eigenvalue weighted by Crippen LogP contribution is 2.12. The van der Waals surface area contributed by atoms with Gasteiger partial charge in [-0.3, -0.25) is 4.79 Å². The Morgan fingerprint density at radius 1 is 1.43 bits per heavy atom. The number of hydrogen-bond acceptors (Lipinski definition) is 2. The van der Waals surface area contributed by atoms with Crippen LogP contribution in [-0.4, -0.2) is 16.6 Å². The lowest BCUT2D eigenvalue weighted by molar-refractivity contribution is -0.141. The van der Waals surface area contributed by atoms with E-state index in [0.717, 1.165) is 5.56 Å². The summed E-state index contributed by atoms with van der Waals surface area (Å²) < 4.78 is 0. The van der Waals surface area contributed by atoms with Crippen LogP contribution in [0.25, 0.3) is 0 Å². The number of carboxylic acids is 1. The van der Waals surface area contributed by atoms with Crippen molar-refractivity contribution in [2.45, 2.75) is 12.5 Å². The van der Waals surface area contributed by atoms with Gasteiger partial charge in [-0.05, 0) is 12.5 Å². The van der Waals surface area contributed by atoms with Gasteiger partial charge in [-0.25, -0.2) is 0 Å². The van der Waals surface area contributed by atoms with Gasteiger partial charge in [0.05, 0.1) is 0 Å². The van der Waals surface area contributed by atoms with Crippen LogP contribution in [0.4, 0.5) is 0 Å². The van der Waals surface area contributed by atoms with E-state index in [9.17, 15) is 4.79 Å². The fourth-order valence-corrected chi connectivity index (χ4v) is 0.957.